The first-order valence-electron chi connectivity index (χ1n) is 6.98. The molecule has 2 rings (SSSR count). The van der Waals surface area contributed by atoms with E-state index >= 15 is 0 Å². The third-order valence-corrected chi connectivity index (χ3v) is 4.33. The van der Waals surface area contributed by atoms with E-state index < -0.39 is 0 Å². The molecule has 0 radical (unpaired) electrons. The molecular formula is C18H23NS. The summed E-state index contributed by atoms with van der Waals surface area (Å²) in [5, 5.41) is 3.42. The van der Waals surface area contributed by atoms with Crippen molar-refractivity contribution >= 4 is 22.4 Å². The van der Waals surface area contributed by atoms with Gasteiger partial charge in [0.25, 0.3) is 0 Å². The number of nitrogens with zero attached hydrogens (tertiary/aromatic N) is 1. The fourth-order valence-corrected chi connectivity index (χ4v) is 2.73. The Morgan fingerprint density at radius 2 is 1.80 bits per heavy atom. The first-order chi connectivity index (χ1) is 9.47. The number of thiophene rings is 1. The van der Waals surface area contributed by atoms with Crippen molar-refractivity contribution < 1.29 is 0 Å². The Hall–Kier alpha value is -1.54. The monoisotopic (exact) mass is 285 g/mol. The quantitative estimate of drug-likeness (QED) is 0.746. The summed E-state index contributed by atoms with van der Waals surface area (Å²) >= 11 is 1.77. The Labute approximate surface area is 126 Å². The van der Waals surface area contributed by atoms with Gasteiger partial charge in [-0.05, 0) is 34.1 Å². The van der Waals surface area contributed by atoms with Crippen molar-refractivity contribution in [2.24, 2.45) is 0 Å². The number of likely N-dealkylation sites (N-methyl/N-ethyl adjacent to an activating group) is 1. The van der Waals surface area contributed by atoms with Crippen molar-refractivity contribution in [3.63, 3.8) is 0 Å². The van der Waals surface area contributed by atoms with E-state index in [1.54, 1.807) is 11.3 Å². The summed E-state index contributed by atoms with van der Waals surface area (Å²) in [7, 11) is 2.12. The molecule has 0 fully saturated rings. The van der Waals surface area contributed by atoms with Crippen LogP contribution in [0.15, 0.2) is 47.9 Å². The van der Waals surface area contributed by atoms with Gasteiger partial charge in [0.1, 0.15) is 0 Å². The Kier molecular flexibility index (Phi) is 4.66. The molecular weight excluding hydrogens is 262 g/mol. The summed E-state index contributed by atoms with van der Waals surface area (Å²) in [6, 6.07) is 13.1. The molecule has 106 valence electrons. The van der Waals surface area contributed by atoms with Crippen molar-refractivity contribution in [2.45, 2.75) is 26.2 Å². The van der Waals surface area contributed by atoms with Crippen LogP contribution in [0.1, 0.15) is 31.9 Å². The van der Waals surface area contributed by atoms with Crippen LogP contribution in [0, 0.1) is 0 Å². The van der Waals surface area contributed by atoms with Gasteiger partial charge in [0.05, 0.1) is 5.00 Å². The molecule has 0 amide bonds. The van der Waals surface area contributed by atoms with Crippen LogP contribution in [0.3, 0.4) is 0 Å². The van der Waals surface area contributed by atoms with Gasteiger partial charge in [-0.25, -0.2) is 0 Å². The molecule has 0 unspecified atom stereocenters. The molecule has 0 aliphatic carbocycles. The summed E-state index contributed by atoms with van der Waals surface area (Å²) < 4.78 is 0. The summed E-state index contributed by atoms with van der Waals surface area (Å²) in [6.07, 6.45) is 4.41. The number of rotatable bonds is 4. The Balaban J connectivity index is 1.95. The average Bonchev–Trinajstić information content (AvgIpc) is 2.92. The Morgan fingerprint density at radius 1 is 1.10 bits per heavy atom. The first kappa shape index (κ1) is 14.9. The molecule has 0 spiro atoms. The molecule has 0 atom stereocenters. The highest BCUT2D eigenvalue weighted by atomic mass is 32.1. The van der Waals surface area contributed by atoms with Crippen molar-refractivity contribution in [3.05, 3.63) is 59.0 Å². The predicted molar refractivity (Wildman–Crippen MR) is 91.8 cm³/mol. The summed E-state index contributed by atoms with van der Waals surface area (Å²) in [4.78, 5) is 2.25. The van der Waals surface area contributed by atoms with Gasteiger partial charge in [-0.15, -0.1) is 11.3 Å². The zero-order valence-electron chi connectivity index (χ0n) is 12.8. The van der Waals surface area contributed by atoms with Crippen molar-refractivity contribution in [1.82, 2.24) is 0 Å². The Morgan fingerprint density at radius 3 is 2.35 bits per heavy atom. The molecule has 1 aromatic carbocycles. The lowest BCUT2D eigenvalue weighted by atomic mass is 9.87. The van der Waals surface area contributed by atoms with Crippen LogP contribution >= 0.6 is 11.3 Å². The van der Waals surface area contributed by atoms with E-state index in [2.05, 4.69) is 86.6 Å². The van der Waals surface area contributed by atoms with E-state index in [9.17, 15) is 0 Å². The zero-order chi connectivity index (χ0) is 14.6. The smallest absolute Gasteiger partial charge is 0.0908 e. The second kappa shape index (κ2) is 6.27. The maximum Gasteiger partial charge on any atom is 0.0908 e. The maximum atomic E-state index is 2.25. The largest absolute Gasteiger partial charge is 0.363 e. The lowest BCUT2D eigenvalue weighted by Gasteiger charge is -2.18. The van der Waals surface area contributed by atoms with Gasteiger partial charge in [-0.3, -0.25) is 0 Å². The van der Waals surface area contributed by atoms with Crippen LogP contribution in [0.25, 0.3) is 6.08 Å². The number of anilines is 1. The van der Waals surface area contributed by atoms with E-state index in [1.165, 1.54) is 16.1 Å². The average molecular weight is 285 g/mol. The molecule has 1 heterocycles. The van der Waals surface area contributed by atoms with E-state index in [1.807, 2.05) is 0 Å². The van der Waals surface area contributed by atoms with Gasteiger partial charge in [0.15, 0.2) is 0 Å². The number of hydrogen-bond donors (Lipinski definition) is 0. The third-order valence-electron chi connectivity index (χ3n) is 3.35. The minimum atomic E-state index is 0.224. The van der Waals surface area contributed by atoms with Crippen LogP contribution in [-0.4, -0.2) is 13.6 Å². The molecule has 1 nitrogen and oxygen atoms in total. The highest BCUT2D eigenvalue weighted by Crippen LogP contribution is 2.22. The molecule has 0 N–H and O–H groups in total. The molecule has 20 heavy (non-hydrogen) atoms. The van der Waals surface area contributed by atoms with E-state index in [4.69, 9.17) is 0 Å². The standard InChI is InChI=1S/C18H23NS/c1-18(2,3)16-11-9-15(10-12-16)7-5-13-19(4)17-8-6-14-20-17/h5-12,14H,13H2,1-4H3/b7-5+. The molecule has 1 aromatic heterocycles. The molecule has 0 bridgehead atoms. The topological polar surface area (TPSA) is 3.24 Å². The fourth-order valence-electron chi connectivity index (χ4n) is 2.02. The summed E-state index contributed by atoms with van der Waals surface area (Å²) in [6.45, 7) is 7.66. The predicted octanol–water partition coefficient (Wildman–Crippen LogP) is 5.20. The van der Waals surface area contributed by atoms with Crippen LogP contribution in [0.2, 0.25) is 0 Å². The van der Waals surface area contributed by atoms with E-state index in [0.29, 0.717) is 0 Å². The minimum Gasteiger partial charge on any atom is -0.363 e. The molecule has 0 saturated heterocycles. The van der Waals surface area contributed by atoms with Gasteiger partial charge in [-0.1, -0.05) is 57.2 Å². The van der Waals surface area contributed by atoms with E-state index in [0.717, 1.165) is 6.54 Å². The minimum absolute atomic E-state index is 0.224. The lowest BCUT2D eigenvalue weighted by Crippen LogP contribution is -2.15. The van der Waals surface area contributed by atoms with E-state index in [-0.39, 0.29) is 5.41 Å². The van der Waals surface area contributed by atoms with Crippen LogP contribution in [0.5, 0.6) is 0 Å². The number of benzene rings is 1. The fraction of sp³-hybridized carbons (Fsp3) is 0.333. The second-order valence-corrected chi connectivity index (χ2v) is 7.03. The molecule has 0 saturated carbocycles. The first-order valence-corrected chi connectivity index (χ1v) is 7.86. The Bertz CT molecular complexity index is 544. The van der Waals surface area contributed by atoms with Gasteiger partial charge in [-0.2, -0.15) is 0 Å². The van der Waals surface area contributed by atoms with Crippen LogP contribution in [-0.2, 0) is 5.41 Å². The van der Waals surface area contributed by atoms with Gasteiger partial charge < -0.3 is 4.90 Å². The third kappa shape index (κ3) is 3.97. The van der Waals surface area contributed by atoms with Crippen molar-refractivity contribution in [3.8, 4) is 0 Å². The van der Waals surface area contributed by atoms with Gasteiger partial charge >= 0.3 is 0 Å². The molecule has 2 aromatic rings. The van der Waals surface area contributed by atoms with Crippen molar-refractivity contribution in [2.75, 3.05) is 18.5 Å². The lowest BCUT2D eigenvalue weighted by molar-refractivity contribution is 0.590. The normalized spacial score (nSPS) is 12.0. The maximum absolute atomic E-state index is 2.25. The molecule has 0 aliphatic rings. The second-order valence-electron chi connectivity index (χ2n) is 6.11. The highest BCUT2D eigenvalue weighted by molar-refractivity contribution is 7.14. The summed E-state index contributed by atoms with van der Waals surface area (Å²) in [5.74, 6) is 0. The molecule has 0 aliphatic heterocycles. The SMILES string of the molecule is CN(C/C=C/c1ccc(C(C)(C)C)cc1)c1cccs1. The molecule has 2 heteroatoms. The zero-order valence-corrected chi connectivity index (χ0v) is 13.6. The van der Waals surface area contributed by atoms with Crippen LogP contribution in [0.4, 0.5) is 5.00 Å². The summed E-state index contributed by atoms with van der Waals surface area (Å²) in [5.41, 5.74) is 2.87. The van der Waals surface area contributed by atoms with Crippen molar-refractivity contribution in [1.29, 1.82) is 0 Å². The van der Waals surface area contributed by atoms with Gasteiger partial charge in [0.2, 0.25) is 0 Å². The number of hydrogen-bond acceptors (Lipinski definition) is 2. The van der Waals surface area contributed by atoms with Gasteiger partial charge in [0, 0.05) is 13.6 Å². The van der Waals surface area contributed by atoms with Crippen LogP contribution < -0.4 is 4.90 Å². The highest BCUT2D eigenvalue weighted by Gasteiger charge is 2.12.